The predicted molar refractivity (Wildman–Crippen MR) is 96.3 cm³/mol. The third kappa shape index (κ3) is 4.16. The molecule has 0 radical (unpaired) electrons. The highest BCUT2D eigenvalue weighted by atomic mass is 16.6. The van der Waals surface area contributed by atoms with E-state index in [1.54, 1.807) is 13.2 Å². The lowest BCUT2D eigenvalue weighted by atomic mass is 10.1. The molecule has 3 aromatic rings. The topological polar surface area (TPSA) is 74.5 Å². The first kappa shape index (κ1) is 17.4. The van der Waals surface area contributed by atoms with Gasteiger partial charge in [-0.3, -0.25) is 0 Å². The fraction of sp³-hybridized carbons (Fsp3) is 0.150. The number of aromatic nitrogens is 2. The second-order valence-electron chi connectivity index (χ2n) is 5.51. The van der Waals surface area contributed by atoms with Crippen molar-refractivity contribution in [2.45, 2.75) is 13.5 Å². The van der Waals surface area contributed by atoms with Crippen molar-refractivity contribution in [2.75, 3.05) is 7.11 Å². The molecule has 1 aromatic heterocycles. The number of carbonyl (C=O) groups excluding carboxylic acids is 1. The van der Waals surface area contributed by atoms with Gasteiger partial charge in [-0.2, -0.15) is 4.98 Å². The molecule has 0 amide bonds. The van der Waals surface area contributed by atoms with Crippen LogP contribution in [0.3, 0.4) is 0 Å². The van der Waals surface area contributed by atoms with Crippen LogP contribution in [-0.2, 0) is 16.1 Å². The van der Waals surface area contributed by atoms with E-state index in [2.05, 4.69) is 10.1 Å². The Bertz CT molecular complexity index is 931. The predicted octanol–water partition coefficient (Wildman–Crippen LogP) is 3.81. The van der Waals surface area contributed by atoms with Crippen molar-refractivity contribution in [2.24, 2.45) is 0 Å². The number of methoxy groups -OCH3 is 1. The number of carbonyl (C=O) groups is 1. The average Bonchev–Trinajstić information content (AvgIpc) is 3.14. The Morgan fingerprint density at radius 3 is 2.73 bits per heavy atom. The number of nitrogens with zero attached hydrogens (tertiary/aromatic N) is 2. The standard InChI is InChI=1S/C20H18N2O4/c1-14-7-3-5-9-16(14)20-21-18(26-22-20)13-25-19(23)12-11-15-8-4-6-10-17(15)24-2/h3-12H,13H2,1-2H3/b12-11+. The molecule has 132 valence electrons. The minimum Gasteiger partial charge on any atom is -0.496 e. The van der Waals surface area contributed by atoms with E-state index >= 15 is 0 Å². The first-order valence-corrected chi connectivity index (χ1v) is 8.04. The van der Waals surface area contributed by atoms with Crippen molar-refractivity contribution in [3.05, 3.63) is 71.6 Å². The number of rotatable bonds is 6. The largest absolute Gasteiger partial charge is 0.496 e. The molecule has 0 aliphatic carbocycles. The van der Waals surface area contributed by atoms with Crippen LogP contribution in [0, 0.1) is 6.92 Å². The minimum absolute atomic E-state index is 0.0893. The van der Waals surface area contributed by atoms with E-state index < -0.39 is 5.97 Å². The summed E-state index contributed by atoms with van der Waals surface area (Å²) in [5.41, 5.74) is 2.70. The van der Waals surface area contributed by atoms with E-state index in [-0.39, 0.29) is 12.5 Å². The van der Waals surface area contributed by atoms with Crippen LogP contribution in [0.2, 0.25) is 0 Å². The summed E-state index contributed by atoms with van der Waals surface area (Å²) in [4.78, 5) is 16.1. The zero-order valence-corrected chi connectivity index (χ0v) is 14.5. The number of esters is 1. The Morgan fingerprint density at radius 1 is 1.15 bits per heavy atom. The number of hydrogen-bond acceptors (Lipinski definition) is 6. The van der Waals surface area contributed by atoms with Gasteiger partial charge in [0.1, 0.15) is 5.75 Å². The molecule has 0 N–H and O–H groups in total. The Balaban J connectivity index is 1.60. The zero-order valence-electron chi connectivity index (χ0n) is 14.5. The quantitative estimate of drug-likeness (QED) is 0.497. The van der Waals surface area contributed by atoms with Crippen LogP contribution in [0.1, 0.15) is 17.0 Å². The van der Waals surface area contributed by atoms with Gasteiger partial charge in [-0.25, -0.2) is 4.79 Å². The molecule has 0 bridgehead atoms. The van der Waals surface area contributed by atoms with E-state index in [0.29, 0.717) is 11.6 Å². The SMILES string of the molecule is COc1ccccc1/C=C/C(=O)OCc1nc(-c2ccccc2C)no1. The molecule has 0 saturated carbocycles. The average molecular weight is 350 g/mol. The monoisotopic (exact) mass is 350 g/mol. The second-order valence-corrected chi connectivity index (χ2v) is 5.51. The molecule has 0 unspecified atom stereocenters. The molecule has 3 rings (SSSR count). The number of aryl methyl sites for hydroxylation is 1. The molecular weight excluding hydrogens is 332 g/mol. The van der Waals surface area contributed by atoms with Gasteiger partial charge in [0.05, 0.1) is 7.11 Å². The molecule has 1 heterocycles. The van der Waals surface area contributed by atoms with Gasteiger partial charge in [0, 0.05) is 17.2 Å². The lowest BCUT2D eigenvalue weighted by Gasteiger charge is -2.03. The van der Waals surface area contributed by atoms with Gasteiger partial charge in [0.25, 0.3) is 5.89 Å². The van der Waals surface area contributed by atoms with Crippen LogP contribution in [0.5, 0.6) is 5.75 Å². The molecule has 2 aromatic carbocycles. The number of ether oxygens (including phenoxy) is 2. The maximum atomic E-state index is 11.9. The molecular formula is C20H18N2O4. The van der Waals surface area contributed by atoms with Crippen molar-refractivity contribution in [3.8, 4) is 17.1 Å². The Hall–Kier alpha value is -3.41. The summed E-state index contributed by atoms with van der Waals surface area (Å²) in [6, 6.07) is 15.1. The lowest BCUT2D eigenvalue weighted by molar-refractivity contribution is -0.139. The van der Waals surface area contributed by atoms with Crippen molar-refractivity contribution >= 4 is 12.0 Å². The first-order valence-electron chi connectivity index (χ1n) is 8.04. The second kappa shape index (κ2) is 8.11. The maximum Gasteiger partial charge on any atom is 0.331 e. The Morgan fingerprint density at radius 2 is 1.92 bits per heavy atom. The maximum absolute atomic E-state index is 11.9. The highest BCUT2D eigenvalue weighted by Gasteiger charge is 2.11. The fourth-order valence-corrected chi connectivity index (χ4v) is 2.39. The molecule has 6 nitrogen and oxygen atoms in total. The first-order chi connectivity index (χ1) is 12.7. The molecule has 26 heavy (non-hydrogen) atoms. The van der Waals surface area contributed by atoms with Crippen LogP contribution in [0.25, 0.3) is 17.5 Å². The molecule has 0 aliphatic rings. The van der Waals surface area contributed by atoms with Gasteiger partial charge >= 0.3 is 5.97 Å². The summed E-state index contributed by atoms with van der Waals surface area (Å²) >= 11 is 0. The summed E-state index contributed by atoms with van der Waals surface area (Å²) in [5, 5.41) is 3.93. The normalized spacial score (nSPS) is 10.8. The van der Waals surface area contributed by atoms with E-state index in [1.807, 2.05) is 55.5 Å². The lowest BCUT2D eigenvalue weighted by Crippen LogP contribution is -2.01. The van der Waals surface area contributed by atoms with Gasteiger partial charge in [0.2, 0.25) is 5.82 Å². The fourth-order valence-electron chi connectivity index (χ4n) is 2.39. The summed E-state index contributed by atoms with van der Waals surface area (Å²) in [6.07, 6.45) is 2.96. The highest BCUT2D eigenvalue weighted by Crippen LogP contribution is 2.20. The van der Waals surface area contributed by atoms with Crippen LogP contribution >= 0.6 is 0 Å². The zero-order chi connectivity index (χ0) is 18.4. The van der Waals surface area contributed by atoms with E-state index in [9.17, 15) is 4.79 Å². The Kier molecular flexibility index (Phi) is 5.43. The van der Waals surface area contributed by atoms with Crippen molar-refractivity contribution in [3.63, 3.8) is 0 Å². The summed E-state index contributed by atoms with van der Waals surface area (Å²) < 4.78 is 15.5. The van der Waals surface area contributed by atoms with Gasteiger partial charge in [0.15, 0.2) is 6.61 Å². The third-order valence-corrected chi connectivity index (χ3v) is 3.73. The molecule has 0 spiro atoms. The number of benzene rings is 2. The van der Waals surface area contributed by atoms with Crippen molar-refractivity contribution in [1.82, 2.24) is 10.1 Å². The smallest absolute Gasteiger partial charge is 0.331 e. The molecule has 0 saturated heterocycles. The summed E-state index contributed by atoms with van der Waals surface area (Å²) in [5.74, 6) is 0.879. The van der Waals surface area contributed by atoms with Crippen LogP contribution in [0.4, 0.5) is 0 Å². The molecule has 6 heteroatoms. The van der Waals surface area contributed by atoms with E-state index in [1.165, 1.54) is 6.08 Å². The van der Waals surface area contributed by atoms with Gasteiger partial charge in [-0.1, -0.05) is 47.6 Å². The summed E-state index contributed by atoms with van der Waals surface area (Å²) in [7, 11) is 1.58. The third-order valence-electron chi connectivity index (χ3n) is 3.73. The minimum atomic E-state index is -0.508. The molecule has 0 aliphatic heterocycles. The van der Waals surface area contributed by atoms with Gasteiger partial charge in [-0.15, -0.1) is 0 Å². The Labute approximate surface area is 151 Å². The van der Waals surface area contributed by atoms with Gasteiger partial charge in [-0.05, 0) is 24.6 Å². The van der Waals surface area contributed by atoms with Crippen molar-refractivity contribution in [1.29, 1.82) is 0 Å². The molecule has 0 atom stereocenters. The highest BCUT2D eigenvalue weighted by molar-refractivity contribution is 5.87. The van der Waals surface area contributed by atoms with Gasteiger partial charge < -0.3 is 14.0 Å². The van der Waals surface area contributed by atoms with E-state index in [0.717, 1.165) is 16.7 Å². The number of hydrogen-bond donors (Lipinski definition) is 0. The van der Waals surface area contributed by atoms with Crippen LogP contribution < -0.4 is 4.74 Å². The van der Waals surface area contributed by atoms with E-state index in [4.69, 9.17) is 14.0 Å². The van der Waals surface area contributed by atoms with Crippen LogP contribution in [0.15, 0.2) is 59.1 Å². The summed E-state index contributed by atoms with van der Waals surface area (Å²) in [6.45, 7) is 1.88. The molecule has 0 fully saturated rings. The van der Waals surface area contributed by atoms with Crippen LogP contribution in [-0.4, -0.2) is 23.2 Å². The number of para-hydroxylation sites is 1. The van der Waals surface area contributed by atoms with Crippen molar-refractivity contribution < 1.29 is 18.8 Å².